The minimum Gasteiger partial charge on any atom is -0.387 e. The molecule has 0 spiro atoms. The quantitative estimate of drug-likeness (QED) is 0.869. The van der Waals surface area contributed by atoms with Gasteiger partial charge in [0.05, 0.1) is 6.10 Å². The van der Waals surface area contributed by atoms with Gasteiger partial charge in [-0.25, -0.2) is 0 Å². The van der Waals surface area contributed by atoms with Crippen molar-refractivity contribution in [3.63, 3.8) is 0 Å². The molecule has 2 aromatic rings. The van der Waals surface area contributed by atoms with Crippen LogP contribution >= 0.6 is 11.3 Å². The summed E-state index contributed by atoms with van der Waals surface area (Å²) in [6.07, 6.45) is 0.315. The average molecular weight is 246 g/mol. The van der Waals surface area contributed by atoms with Gasteiger partial charge < -0.3 is 5.11 Å². The highest BCUT2D eigenvalue weighted by Crippen LogP contribution is 2.28. The zero-order chi connectivity index (χ0) is 12.4. The molecule has 1 aromatic heterocycles. The fourth-order valence-corrected chi connectivity index (χ4v) is 2.84. The Hall–Kier alpha value is -1.12. The van der Waals surface area contributed by atoms with Crippen LogP contribution in [0, 0.1) is 20.8 Å². The van der Waals surface area contributed by atoms with Gasteiger partial charge in [-0.3, -0.25) is 0 Å². The molecule has 0 amide bonds. The minimum atomic E-state index is -0.380. The first-order chi connectivity index (χ1) is 8.06. The van der Waals surface area contributed by atoms with Crippen LogP contribution in [-0.2, 0) is 6.42 Å². The Morgan fingerprint density at radius 1 is 1.12 bits per heavy atom. The Bertz CT molecular complexity index is 477. The van der Waals surface area contributed by atoms with Crippen molar-refractivity contribution in [1.82, 2.24) is 0 Å². The zero-order valence-corrected chi connectivity index (χ0v) is 11.3. The molecule has 0 fully saturated rings. The highest BCUT2D eigenvalue weighted by atomic mass is 32.1. The van der Waals surface area contributed by atoms with Gasteiger partial charge in [-0.2, -0.15) is 0 Å². The molecule has 0 aliphatic heterocycles. The molecule has 1 heterocycles. The first-order valence-electron chi connectivity index (χ1n) is 5.87. The molecule has 0 radical (unpaired) electrons. The zero-order valence-electron chi connectivity index (χ0n) is 10.5. The normalized spacial score (nSPS) is 12.7. The van der Waals surface area contributed by atoms with Gasteiger partial charge >= 0.3 is 0 Å². The van der Waals surface area contributed by atoms with Crippen LogP contribution in [0.3, 0.4) is 0 Å². The Labute approximate surface area is 107 Å². The second kappa shape index (κ2) is 5.03. The highest BCUT2D eigenvalue weighted by molar-refractivity contribution is 7.12. The second-order valence-electron chi connectivity index (χ2n) is 4.59. The van der Waals surface area contributed by atoms with Gasteiger partial charge in [0.25, 0.3) is 0 Å². The minimum absolute atomic E-state index is 0.380. The Kier molecular flexibility index (Phi) is 3.65. The summed E-state index contributed by atoms with van der Waals surface area (Å²) in [6.45, 7) is 6.27. The molecular formula is C15H18OS. The van der Waals surface area contributed by atoms with Gasteiger partial charge in [-0.1, -0.05) is 29.8 Å². The van der Waals surface area contributed by atoms with Crippen LogP contribution in [0.2, 0.25) is 0 Å². The summed E-state index contributed by atoms with van der Waals surface area (Å²) in [5.74, 6) is 0. The summed E-state index contributed by atoms with van der Waals surface area (Å²) in [6, 6.07) is 10.5. The summed E-state index contributed by atoms with van der Waals surface area (Å²) < 4.78 is 0. The first-order valence-corrected chi connectivity index (χ1v) is 6.68. The van der Waals surface area contributed by atoms with Crippen LogP contribution in [0.15, 0.2) is 30.3 Å². The van der Waals surface area contributed by atoms with Gasteiger partial charge in [0, 0.05) is 16.2 Å². The molecule has 90 valence electrons. The molecule has 17 heavy (non-hydrogen) atoms. The SMILES string of the molecule is Cc1ccc(CC(O)c2cc(C)c(C)s2)cc1. The van der Waals surface area contributed by atoms with Crippen LogP contribution in [-0.4, -0.2) is 5.11 Å². The maximum atomic E-state index is 10.2. The predicted molar refractivity (Wildman–Crippen MR) is 73.6 cm³/mol. The fourth-order valence-electron chi connectivity index (χ4n) is 1.81. The largest absolute Gasteiger partial charge is 0.387 e. The van der Waals surface area contributed by atoms with E-state index in [-0.39, 0.29) is 6.10 Å². The number of aryl methyl sites for hydroxylation is 3. The molecule has 0 bridgehead atoms. The standard InChI is InChI=1S/C15H18OS/c1-10-4-6-13(7-5-10)9-14(16)15-8-11(2)12(3)17-15/h4-8,14,16H,9H2,1-3H3. The Balaban J connectivity index is 2.11. The molecule has 0 saturated carbocycles. The third-order valence-electron chi connectivity index (χ3n) is 3.06. The van der Waals surface area contributed by atoms with Crippen molar-refractivity contribution in [2.24, 2.45) is 0 Å². The first kappa shape index (κ1) is 12.3. The number of rotatable bonds is 3. The third kappa shape index (κ3) is 2.96. The van der Waals surface area contributed by atoms with Crippen molar-refractivity contribution < 1.29 is 5.11 Å². The maximum absolute atomic E-state index is 10.2. The number of thiophene rings is 1. The van der Waals surface area contributed by atoms with Gasteiger partial charge in [-0.05, 0) is 38.0 Å². The summed E-state index contributed by atoms with van der Waals surface area (Å²) in [7, 11) is 0. The van der Waals surface area contributed by atoms with Crippen molar-refractivity contribution in [2.75, 3.05) is 0 Å². The van der Waals surface area contributed by atoms with E-state index in [1.165, 1.54) is 21.6 Å². The van der Waals surface area contributed by atoms with Gasteiger partial charge in [-0.15, -0.1) is 11.3 Å². The van der Waals surface area contributed by atoms with E-state index in [4.69, 9.17) is 0 Å². The molecule has 1 aromatic carbocycles. The van der Waals surface area contributed by atoms with Crippen molar-refractivity contribution in [1.29, 1.82) is 0 Å². The summed E-state index contributed by atoms with van der Waals surface area (Å²) in [4.78, 5) is 2.36. The topological polar surface area (TPSA) is 20.2 Å². The lowest BCUT2D eigenvalue weighted by Crippen LogP contribution is -1.99. The van der Waals surface area contributed by atoms with E-state index >= 15 is 0 Å². The smallest absolute Gasteiger partial charge is 0.0922 e. The second-order valence-corrected chi connectivity index (χ2v) is 5.88. The van der Waals surface area contributed by atoms with Crippen LogP contribution in [0.4, 0.5) is 0 Å². The lowest BCUT2D eigenvalue weighted by atomic mass is 10.1. The molecule has 1 unspecified atom stereocenters. The summed E-state index contributed by atoms with van der Waals surface area (Å²) in [5, 5.41) is 10.2. The van der Waals surface area contributed by atoms with E-state index < -0.39 is 0 Å². The van der Waals surface area contributed by atoms with E-state index in [0.29, 0.717) is 6.42 Å². The summed E-state index contributed by atoms with van der Waals surface area (Å²) in [5.41, 5.74) is 3.71. The van der Waals surface area contributed by atoms with Crippen molar-refractivity contribution in [3.05, 3.63) is 56.8 Å². The summed E-state index contributed by atoms with van der Waals surface area (Å²) >= 11 is 1.69. The van der Waals surface area contributed by atoms with Gasteiger partial charge in [0.15, 0.2) is 0 Å². The Morgan fingerprint density at radius 3 is 2.29 bits per heavy atom. The van der Waals surface area contributed by atoms with Crippen LogP contribution in [0.1, 0.15) is 32.5 Å². The number of aliphatic hydroxyl groups is 1. The van der Waals surface area contributed by atoms with Crippen LogP contribution in [0.5, 0.6) is 0 Å². The number of aliphatic hydroxyl groups excluding tert-OH is 1. The van der Waals surface area contributed by atoms with Crippen LogP contribution < -0.4 is 0 Å². The maximum Gasteiger partial charge on any atom is 0.0922 e. The lowest BCUT2D eigenvalue weighted by molar-refractivity contribution is 0.182. The molecule has 1 N–H and O–H groups in total. The van der Waals surface area contributed by atoms with E-state index in [1.807, 2.05) is 0 Å². The van der Waals surface area contributed by atoms with E-state index in [0.717, 1.165) is 4.88 Å². The van der Waals surface area contributed by atoms with Gasteiger partial charge in [0.2, 0.25) is 0 Å². The molecule has 1 nitrogen and oxygen atoms in total. The average Bonchev–Trinajstić information content (AvgIpc) is 2.63. The molecule has 0 aliphatic rings. The van der Waals surface area contributed by atoms with E-state index in [2.05, 4.69) is 51.1 Å². The van der Waals surface area contributed by atoms with E-state index in [1.54, 1.807) is 11.3 Å². The monoisotopic (exact) mass is 246 g/mol. The molecule has 0 saturated heterocycles. The van der Waals surface area contributed by atoms with Crippen molar-refractivity contribution in [3.8, 4) is 0 Å². The Morgan fingerprint density at radius 2 is 1.76 bits per heavy atom. The third-order valence-corrected chi connectivity index (χ3v) is 4.32. The van der Waals surface area contributed by atoms with Gasteiger partial charge in [0.1, 0.15) is 0 Å². The number of hydrogen-bond donors (Lipinski definition) is 1. The van der Waals surface area contributed by atoms with E-state index in [9.17, 15) is 5.11 Å². The molecule has 2 rings (SSSR count). The molecule has 1 atom stereocenters. The van der Waals surface area contributed by atoms with Crippen molar-refractivity contribution in [2.45, 2.75) is 33.3 Å². The molecular weight excluding hydrogens is 228 g/mol. The van der Waals surface area contributed by atoms with Crippen molar-refractivity contribution >= 4 is 11.3 Å². The molecule has 0 aliphatic carbocycles. The fraction of sp³-hybridized carbons (Fsp3) is 0.333. The highest BCUT2D eigenvalue weighted by Gasteiger charge is 2.12. The van der Waals surface area contributed by atoms with Crippen LogP contribution in [0.25, 0.3) is 0 Å². The predicted octanol–water partition coefficient (Wildman–Crippen LogP) is 3.95. The number of benzene rings is 1. The number of hydrogen-bond acceptors (Lipinski definition) is 2. The molecule has 2 heteroatoms. The lowest BCUT2D eigenvalue weighted by Gasteiger charge is -2.08.